The van der Waals surface area contributed by atoms with Crippen LogP contribution in [-0.2, 0) is 11.8 Å². The summed E-state index contributed by atoms with van der Waals surface area (Å²) in [4.78, 5) is 12.4. The zero-order valence-electron chi connectivity index (χ0n) is 9.49. The van der Waals surface area contributed by atoms with Crippen molar-refractivity contribution in [3.8, 4) is 0 Å². The normalized spacial score (nSPS) is 17.7. The van der Waals surface area contributed by atoms with Gasteiger partial charge in [0, 0.05) is 23.2 Å². The molecular weight excluding hydrogens is 252 g/mol. The van der Waals surface area contributed by atoms with Crippen molar-refractivity contribution in [1.29, 1.82) is 0 Å². The van der Waals surface area contributed by atoms with Crippen molar-refractivity contribution in [2.45, 2.75) is 16.1 Å². The lowest BCUT2D eigenvalue weighted by molar-refractivity contribution is -0.116. The number of nitrogens with two attached hydrogens (primary N) is 1. The summed E-state index contributed by atoms with van der Waals surface area (Å²) in [6.07, 6.45) is 0. The SMILES string of the molecule is Cn1nnnc1Sc1ccc2c(c1)NC(=O)C2N. The monoisotopic (exact) mass is 262 g/mol. The third-order valence-electron chi connectivity index (χ3n) is 2.69. The van der Waals surface area contributed by atoms with Gasteiger partial charge in [0.15, 0.2) is 0 Å². The van der Waals surface area contributed by atoms with Gasteiger partial charge in [0.2, 0.25) is 11.1 Å². The molecule has 2 heterocycles. The maximum atomic E-state index is 11.4. The Morgan fingerprint density at radius 2 is 2.33 bits per heavy atom. The fraction of sp³-hybridized carbons (Fsp3) is 0.200. The molecule has 92 valence electrons. The van der Waals surface area contributed by atoms with Crippen LogP contribution in [0.2, 0.25) is 0 Å². The number of nitrogens with zero attached hydrogens (tertiary/aromatic N) is 4. The average Bonchev–Trinajstić information content (AvgIpc) is 2.86. The highest BCUT2D eigenvalue weighted by Gasteiger charge is 2.27. The molecule has 1 aliphatic rings. The van der Waals surface area contributed by atoms with E-state index in [0.717, 1.165) is 16.1 Å². The molecule has 3 N–H and O–H groups in total. The number of aromatic nitrogens is 4. The number of amides is 1. The fourth-order valence-corrected chi connectivity index (χ4v) is 2.51. The van der Waals surface area contributed by atoms with Gasteiger partial charge < -0.3 is 11.1 Å². The minimum Gasteiger partial charge on any atom is -0.324 e. The standard InChI is InChI=1S/C10H10N6OS/c1-16-10(13-14-15-16)18-5-2-3-6-7(4-5)12-9(17)8(6)11/h2-4,8H,11H2,1H3,(H,12,17). The first kappa shape index (κ1) is 11.2. The van der Waals surface area contributed by atoms with Crippen LogP contribution >= 0.6 is 11.8 Å². The van der Waals surface area contributed by atoms with Crippen LogP contribution in [0.5, 0.6) is 0 Å². The maximum absolute atomic E-state index is 11.4. The second-order valence-corrected chi connectivity index (χ2v) is 4.94. The van der Waals surface area contributed by atoms with Crippen molar-refractivity contribution >= 4 is 23.4 Å². The quantitative estimate of drug-likeness (QED) is 0.808. The van der Waals surface area contributed by atoms with Gasteiger partial charge in [-0.1, -0.05) is 6.07 Å². The van der Waals surface area contributed by atoms with E-state index in [-0.39, 0.29) is 5.91 Å². The molecule has 1 amide bonds. The molecule has 1 unspecified atom stereocenters. The van der Waals surface area contributed by atoms with Crippen LogP contribution < -0.4 is 11.1 Å². The Morgan fingerprint density at radius 1 is 1.50 bits per heavy atom. The number of carbonyl (C=O) groups excluding carboxylic acids is 1. The van der Waals surface area contributed by atoms with E-state index in [1.807, 2.05) is 18.2 Å². The molecule has 3 rings (SSSR count). The molecule has 0 saturated heterocycles. The van der Waals surface area contributed by atoms with Crippen molar-refractivity contribution in [2.75, 3.05) is 5.32 Å². The molecule has 0 radical (unpaired) electrons. The molecule has 0 spiro atoms. The predicted octanol–water partition coefficient (Wildman–Crippen LogP) is 0.313. The smallest absolute Gasteiger partial charge is 0.245 e. The molecular formula is C10H10N6OS. The predicted molar refractivity (Wildman–Crippen MR) is 64.9 cm³/mol. The number of hydrogen-bond acceptors (Lipinski definition) is 6. The summed E-state index contributed by atoms with van der Waals surface area (Å²) >= 11 is 1.42. The van der Waals surface area contributed by atoms with Crippen LogP contribution in [0.15, 0.2) is 28.3 Å². The minimum absolute atomic E-state index is 0.174. The van der Waals surface area contributed by atoms with Gasteiger partial charge in [0.25, 0.3) is 0 Å². The van der Waals surface area contributed by atoms with Crippen molar-refractivity contribution in [3.05, 3.63) is 23.8 Å². The first-order valence-electron chi connectivity index (χ1n) is 5.26. The Bertz CT molecular complexity index is 625. The number of anilines is 1. The van der Waals surface area contributed by atoms with Gasteiger partial charge in [0.05, 0.1) is 0 Å². The topological polar surface area (TPSA) is 98.7 Å². The van der Waals surface area contributed by atoms with Gasteiger partial charge >= 0.3 is 0 Å². The lowest BCUT2D eigenvalue weighted by atomic mass is 10.1. The van der Waals surface area contributed by atoms with Gasteiger partial charge in [-0.25, -0.2) is 4.68 Å². The number of tetrazole rings is 1. The van der Waals surface area contributed by atoms with Gasteiger partial charge in [0.1, 0.15) is 6.04 Å². The van der Waals surface area contributed by atoms with Crippen LogP contribution in [0.25, 0.3) is 0 Å². The second kappa shape index (κ2) is 4.07. The van der Waals surface area contributed by atoms with Gasteiger partial charge in [-0.2, -0.15) is 0 Å². The molecule has 7 nitrogen and oxygen atoms in total. The number of benzene rings is 1. The van der Waals surface area contributed by atoms with E-state index in [1.165, 1.54) is 11.8 Å². The average molecular weight is 262 g/mol. The summed E-state index contributed by atoms with van der Waals surface area (Å²) in [5, 5.41) is 14.6. The Balaban J connectivity index is 1.91. The summed E-state index contributed by atoms with van der Waals surface area (Å²) in [5.74, 6) is -0.174. The lowest BCUT2D eigenvalue weighted by Gasteiger charge is -2.04. The van der Waals surface area contributed by atoms with E-state index >= 15 is 0 Å². The summed E-state index contributed by atoms with van der Waals surface area (Å²) in [7, 11) is 1.77. The van der Waals surface area contributed by atoms with Gasteiger partial charge in [-0.15, -0.1) is 5.10 Å². The van der Waals surface area contributed by atoms with Crippen LogP contribution in [0.3, 0.4) is 0 Å². The third kappa shape index (κ3) is 1.75. The molecule has 0 bridgehead atoms. The number of carbonyl (C=O) groups is 1. The van der Waals surface area contributed by atoms with Crippen LogP contribution in [0.4, 0.5) is 5.69 Å². The van der Waals surface area contributed by atoms with E-state index in [2.05, 4.69) is 20.8 Å². The molecule has 1 aromatic carbocycles. The zero-order valence-corrected chi connectivity index (χ0v) is 10.3. The minimum atomic E-state index is -0.574. The Kier molecular flexibility index (Phi) is 2.53. The van der Waals surface area contributed by atoms with Crippen LogP contribution in [0.1, 0.15) is 11.6 Å². The second-order valence-electron chi connectivity index (χ2n) is 3.90. The molecule has 0 saturated carbocycles. The van der Waals surface area contributed by atoms with E-state index in [9.17, 15) is 4.79 Å². The largest absolute Gasteiger partial charge is 0.324 e. The van der Waals surface area contributed by atoms with Crippen molar-refractivity contribution in [3.63, 3.8) is 0 Å². The summed E-state index contributed by atoms with van der Waals surface area (Å²) in [5.41, 5.74) is 7.32. The van der Waals surface area contributed by atoms with Crippen LogP contribution in [-0.4, -0.2) is 26.1 Å². The highest BCUT2D eigenvalue weighted by Crippen LogP contribution is 2.34. The fourth-order valence-electron chi connectivity index (χ4n) is 1.74. The number of aryl methyl sites for hydroxylation is 1. The van der Waals surface area contributed by atoms with E-state index in [4.69, 9.17) is 5.73 Å². The Morgan fingerprint density at radius 3 is 3.06 bits per heavy atom. The van der Waals surface area contributed by atoms with E-state index in [1.54, 1.807) is 11.7 Å². The van der Waals surface area contributed by atoms with Gasteiger partial charge in [-0.3, -0.25) is 4.79 Å². The molecule has 0 fully saturated rings. The number of hydrogen-bond donors (Lipinski definition) is 2. The summed E-state index contributed by atoms with van der Waals surface area (Å²) in [6, 6.07) is 5.05. The molecule has 0 aliphatic carbocycles. The van der Waals surface area contributed by atoms with E-state index in [0.29, 0.717) is 5.16 Å². The third-order valence-corrected chi connectivity index (χ3v) is 3.71. The number of rotatable bonds is 2. The van der Waals surface area contributed by atoms with E-state index < -0.39 is 6.04 Å². The number of fused-ring (bicyclic) bond motifs is 1. The Hall–Kier alpha value is -1.93. The molecule has 18 heavy (non-hydrogen) atoms. The molecule has 8 heteroatoms. The zero-order chi connectivity index (χ0) is 12.7. The van der Waals surface area contributed by atoms with Crippen molar-refractivity contribution in [2.24, 2.45) is 12.8 Å². The highest BCUT2D eigenvalue weighted by molar-refractivity contribution is 7.99. The number of nitrogens with one attached hydrogen (secondary N) is 1. The molecule has 1 aromatic heterocycles. The summed E-state index contributed by atoms with van der Waals surface area (Å²) < 4.78 is 1.59. The first-order chi connectivity index (χ1) is 8.65. The maximum Gasteiger partial charge on any atom is 0.245 e. The summed E-state index contributed by atoms with van der Waals surface area (Å²) in [6.45, 7) is 0. The lowest BCUT2D eigenvalue weighted by Crippen LogP contribution is -2.19. The first-order valence-corrected chi connectivity index (χ1v) is 6.07. The molecule has 1 aliphatic heterocycles. The van der Waals surface area contributed by atoms with Crippen molar-refractivity contribution in [1.82, 2.24) is 20.2 Å². The van der Waals surface area contributed by atoms with Crippen LogP contribution in [0, 0.1) is 0 Å². The Labute approximate surface area is 107 Å². The molecule has 1 atom stereocenters. The highest BCUT2D eigenvalue weighted by atomic mass is 32.2. The van der Waals surface area contributed by atoms with Gasteiger partial charge in [-0.05, 0) is 34.3 Å². The van der Waals surface area contributed by atoms with Crippen molar-refractivity contribution < 1.29 is 4.79 Å². The molecule has 2 aromatic rings.